The summed E-state index contributed by atoms with van der Waals surface area (Å²) < 4.78 is 5.58. The zero-order valence-corrected chi connectivity index (χ0v) is 15.5. The summed E-state index contributed by atoms with van der Waals surface area (Å²) in [4.78, 5) is 11.2. The predicted octanol–water partition coefficient (Wildman–Crippen LogP) is 2.02. The maximum absolute atomic E-state index is 5.58. The third-order valence-electron chi connectivity index (χ3n) is 4.42. The van der Waals surface area contributed by atoms with Crippen LogP contribution in [0.2, 0.25) is 0 Å². The molecule has 134 valence electrons. The lowest BCUT2D eigenvalue weighted by Crippen LogP contribution is -2.44. The summed E-state index contributed by atoms with van der Waals surface area (Å²) in [5, 5.41) is 6.74. The fourth-order valence-electron chi connectivity index (χ4n) is 2.50. The van der Waals surface area contributed by atoms with E-state index in [4.69, 9.17) is 4.74 Å². The normalized spacial score (nSPS) is 20.2. The maximum atomic E-state index is 5.58. The number of nitrogens with zero attached hydrogens (tertiary/aromatic N) is 3. The maximum Gasteiger partial charge on any atom is 0.191 e. The molecule has 0 amide bonds. The smallest absolute Gasteiger partial charge is 0.191 e. The van der Waals surface area contributed by atoms with Gasteiger partial charge in [-0.2, -0.15) is 0 Å². The first-order chi connectivity index (χ1) is 11.5. The van der Waals surface area contributed by atoms with E-state index >= 15 is 0 Å². The summed E-state index contributed by atoms with van der Waals surface area (Å²) in [7, 11) is 1.79. The number of hydrogen-bond donors (Lipinski definition) is 2. The number of aromatic nitrogens is 1. The Labute approximate surface area is 145 Å². The van der Waals surface area contributed by atoms with E-state index < -0.39 is 0 Å². The lowest BCUT2D eigenvalue weighted by atomic mass is 10.1. The largest absolute Gasteiger partial charge is 0.375 e. The molecule has 1 aliphatic rings. The van der Waals surface area contributed by atoms with Crippen LogP contribution >= 0.6 is 0 Å². The molecular formula is C18H31N5O. The highest BCUT2D eigenvalue weighted by Crippen LogP contribution is 2.15. The van der Waals surface area contributed by atoms with Gasteiger partial charge in [0, 0.05) is 38.9 Å². The highest BCUT2D eigenvalue weighted by atomic mass is 16.5. The number of hydrogen-bond acceptors (Lipinski definition) is 4. The fraction of sp³-hybridized carbons (Fsp3) is 0.667. The standard InChI is InChI=1S/C18H31N5O/c1-13(2)15(4)22-18(19-5)21-11-16-6-7-17(20-10-16)23-8-9-24-14(3)12-23/h6-7,10,13-15H,8-9,11-12H2,1-5H3,(H2,19,21,22). The Bertz CT molecular complexity index is 529. The third-order valence-corrected chi connectivity index (χ3v) is 4.42. The Morgan fingerprint density at radius 3 is 2.79 bits per heavy atom. The fourth-order valence-corrected chi connectivity index (χ4v) is 2.50. The van der Waals surface area contributed by atoms with E-state index in [9.17, 15) is 0 Å². The SMILES string of the molecule is CN=C(NCc1ccc(N2CCOC(C)C2)nc1)NC(C)C(C)C. The van der Waals surface area contributed by atoms with E-state index in [1.165, 1.54) is 0 Å². The van der Waals surface area contributed by atoms with Crippen LogP contribution in [0.5, 0.6) is 0 Å². The van der Waals surface area contributed by atoms with E-state index in [1.807, 2.05) is 6.20 Å². The summed E-state index contributed by atoms with van der Waals surface area (Å²) in [6.07, 6.45) is 2.20. The number of pyridine rings is 1. The molecule has 2 heterocycles. The van der Waals surface area contributed by atoms with Crippen molar-refractivity contribution in [1.29, 1.82) is 0 Å². The van der Waals surface area contributed by atoms with Crippen LogP contribution in [0.3, 0.4) is 0 Å². The molecule has 2 unspecified atom stereocenters. The first kappa shape index (κ1) is 18.5. The Morgan fingerprint density at radius 2 is 2.21 bits per heavy atom. The molecule has 0 spiro atoms. The van der Waals surface area contributed by atoms with Crippen LogP contribution in [0.4, 0.5) is 5.82 Å². The minimum absolute atomic E-state index is 0.263. The van der Waals surface area contributed by atoms with Crippen molar-refractivity contribution in [3.05, 3.63) is 23.9 Å². The number of morpholine rings is 1. The van der Waals surface area contributed by atoms with E-state index in [0.717, 1.165) is 37.0 Å². The molecule has 0 saturated carbocycles. The van der Waals surface area contributed by atoms with Crippen molar-refractivity contribution in [2.24, 2.45) is 10.9 Å². The van der Waals surface area contributed by atoms with E-state index in [1.54, 1.807) is 7.05 Å². The monoisotopic (exact) mass is 333 g/mol. The number of aliphatic imine (C=N–C) groups is 1. The highest BCUT2D eigenvalue weighted by Gasteiger charge is 2.17. The van der Waals surface area contributed by atoms with E-state index in [2.05, 4.69) is 65.3 Å². The second-order valence-corrected chi connectivity index (χ2v) is 6.75. The van der Waals surface area contributed by atoms with Crippen molar-refractivity contribution >= 4 is 11.8 Å². The zero-order valence-electron chi connectivity index (χ0n) is 15.5. The van der Waals surface area contributed by atoms with Crippen LogP contribution in [-0.4, -0.2) is 49.8 Å². The van der Waals surface area contributed by atoms with Crippen molar-refractivity contribution in [2.45, 2.75) is 46.4 Å². The Morgan fingerprint density at radius 1 is 1.42 bits per heavy atom. The molecule has 1 aromatic heterocycles. The molecule has 0 aliphatic carbocycles. The molecule has 1 fully saturated rings. The molecule has 24 heavy (non-hydrogen) atoms. The summed E-state index contributed by atoms with van der Waals surface area (Å²) >= 11 is 0. The third kappa shape index (κ3) is 5.37. The number of rotatable bonds is 5. The van der Waals surface area contributed by atoms with Crippen LogP contribution < -0.4 is 15.5 Å². The topological polar surface area (TPSA) is 61.8 Å². The predicted molar refractivity (Wildman–Crippen MR) is 99.5 cm³/mol. The van der Waals surface area contributed by atoms with Crippen LogP contribution in [-0.2, 0) is 11.3 Å². The molecule has 0 aromatic carbocycles. The first-order valence-corrected chi connectivity index (χ1v) is 8.78. The van der Waals surface area contributed by atoms with Crippen molar-refractivity contribution < 1.29 is 4.74 Å². The molecule has 6 nitrogen and oxygen atoms in total. The van der Waals surface area contributed by atoms with Crippen molar-refractivity contribution in [3.63, 3.8) is 0 Å². The van der Waals surface area contributed by atoms with Gasteiger partial charge in [0.1, 0.15) is 5.82 Å². The summed E-state index contributed by atoms with van der Waals surface area (Å²) in [5.74, 6) is 2.40. The van der Waals surface area contributed by atoms with Gasteiger partial charge in [0.05, 0.1) is 12.7 Å². The molecular weight excluding hydrogens is 302 g/mol. The lowest BCUT2D eigenvalue weighted by molar-refractivity contribution is 0.0529. The van der Waals surface area contributed by atoms with E-state index in [0.29, 0.717) is 18.5 Å². The summed E-state index contributed by atoms with van der Waals surface area (Å²) in [6, 6.07) is 4.58. The van der Waals surface area contributed by atoms with Crippen LogP contribution in [0.25, 0.3) is 0 Å². The highest BCUT2D eigenvalue weighted by molar-refractivity contribution is 5.79. The second-order valence-electron chi connectivity index (χ2n) is 6.75. The van der Waals surface area contributed by atoms with Crippen molar-refractivity contribution in [3.8, 4) is 0 Å². The molecule has 2 atom stereocenters. The van der Waals surface area contributed by atoms with Gasteiger partial charge >= 0.3 is 0 Å². The summed E-state index contributed by atoms with van der Waals surface area (Å²) in [6.45, 7) is 11.9. The number of ether oxygens (including phenoxy) is 1. The number of anilines is 1. The quantitative estimate of drug-likeness (QED) is 0.638. The van der Waals surface area contributed by atoms with Gasteiger partial charge in [0.25, 0.3) is 0 Å². The Hall–Kier alpha value is -1.82. The van der Waals surface area contributed by atoms with Gasteiger partial charge in [0.15, 0.2) is 5.96 Å². The van der Waals surface area contributed by atoms with Crippen molar-refractivity contribution in [2.75, 3.05) is 31.6 Å². The van der Waals surface area contributed by atoms with Crippen LogP contribution in [0, 0.1) is 5.92 Å². The van der Waals surface area contributed by atoms with Gasteiger partial charge in [-0.05, 0) is 31.4 Å². The number of guanidine groups is 1. The summed E-state index contributed by atoms with van der Waals surface area (Å²) in [5.41, 5.74) is 1.14. The van der Waals surface area contributed by atoms with Gasteiger partial charge < -0.3 is 20.3 Å². The lowest BCUT2D eigenvalue weighted by Gasteiger charge is -2.32. The van der Waals surface area contributed by atoms with Crippen LogP contribution in [0.1, 0.15) is 33.3 Å². The molecule has 0 radical (unpaired) electrons. The molecule has 1 aliphatic heterocycles. The Kier molecular flexibility index (Phi) is 6.85. The van der Waals surface area contributed by atoms with Gasteiger partial charge in [-0.15, -0.1) is 0 Å². The molecule has 2 rings (SSSR count). The molecule has 0 bridgehead atoms. The molecule has 2 N–H and O–H groups in total. The van der Waals surface area contributed by atoms with E-state index in [-0.39, 0.29) is 6.10 Å². The van der Waals surface area contributed by atoms with Gasteiger partial charge in [-0.1, -0.05) is 19.9 Å². The number of nitrogens with one attached hydrogen (secondary N) is 2. The average molecular weight is 333 g/mol. The van der Waals surface area contributed by atoms with Gasteiger partial charge in [-0.3, -0.25) is 4.99 Å². The first-order valence-electron chi connectivity index (χ1n) is 8.78. The second kappa shape index (κ2) is 8.87. The molecule has 1 saturated heterocycles. The molecule has 1 aromatic rings. The van der Waals surface area contributed by atoms with Crippen molar-refractivity contribution in [1.82, 2.24) is 15.6 Å². The Balaban J connectivity index is 1.87. The van der Waals surface area contributed by atoms with Gasteiger partial charge in [0.2, 0.25) is 0 Å². The van der Waals surface area contributed by atoms with Gasteiger partial charge in [-0.25, -0.2) is 4.98 Å². The minimum Gasteiger partial charge on any atom is -0.375 e. The zero-order chi connectivity index (χ0) is 17.5. The molecule has 6 heteroatoms. The average Bonchev–Trinajstić information content (AvgIpc) is 2.58. The van der Waals surface area contributed by atoms with Crippen LogP contribution in [0.15, 0.2) is 23.3 Å². The minimum atomic E-state index is 0.263.